The maximum Gasteiger partial charge on any atom is 0.242 e. The summed E-state index contributed by atoms with van der Waals surface area (Å²) in [6.07, 6.45) is 2.71. The lowest BCUT2D eigenvalue weighted by atomic mass is 10.1. The van der Waals surface area contributed by atoms with E-state index < -0.39 is 16.1 Å². The van der Waals surface area contributed by atoms with E-state index in [0.717, 1.165) is 23.8 Å². The Morgan fingerprint density at radius 1 is 1.03 bits per heavy atom. The number of nitrogens with one attached hydrogen (secondary N) is 1. The van der Waals surface area contributed by atoms with E-state index in [1.165, 1.54) is 9.21 Å². The van der Waals surface area contributed by atoms with Gasteiger partial charge in [0.1, 0.15) is 6.04 Å². The van der Waals surface area contributed by atoms with Gasteiger partial charge in [0, 0.05) is 36.1 Å². The van der Waals surface area contributed by atoms with Crippen LogP contribution in [0.3, 0.4) is 0 Å². The topological polar surface area (TPSA) is 86.8 Å². The van der Waals surface area contributed by atoms with E-state index in [9.17, 15) is 18.0 Å². The highest BCUT2D eigenvalue weighted by Gasteiger charge is 2.29. The smallest absolute Gasteiger partial charge is 0.242 e. The first kappa shape index (κ1) is 30.9. The summed E-state index contributed by atoms with van der Waals surface area (Å²) in [5.74, 6) is -0.478. The molecule has 0 heterocycles. The van der Waals surface area contributed by atoms with Gasteiger partial charge < -0.3 is 10.2 Å². The lowest BCUT2D eigenvalue weighted by Gasteiger charge is -2.31. The molecule has 0 radical (unpaired) electrons. The molecule has 0 bridgehead atoms. The van der Waals surface area contributed by atoms with Gasteiger partial charge >= 0.3 is 0 Å². The third kappa shape index (κ3) is 8.90. The fourth-order valence-corrected chi connectivity index (χ4v) is 5.43. The van der Waals surface area contributed by atoms with E-state index in [0.29, 0.717) is 34.3 Å². The van der Waals surface area contributed by atoms with Crippen LogP contribution in [0.5, 0.6) is 0 Å². The molecule has 1 atom stereocenters. The van der Waals surface area contributed by atoms with Crippen LogP contribution in [0.25, 0.3) is 0 Å². The number of halogens is 2. The summed E-state index contributed by atoms with van der Waals surface area (Å²) < 4.78 is 26.4. The number of benzene rings is 2. The van der Waals surface area contributed by atoms with Crippen molar-refractivity contribution in [1.29, 1.82) is 0 Å². The number of aryl methyl sites for hydroxylation is 2. The molecule has 10 heteroatoms. The summed E-state index contributed by atoms with van der Waals surface area (Å²) >= 11 is 12.4. The van der Waals surface area contributed by atoms with E-state index in [1.807, 2.05) is 39.8 Å². The molecule has 7 nitrogen and oxygen atoms in total. The predicted molar refractivity (Wildman–Crippen MR) is 152 cm³/mol. The van der Waals surface area contributed by atoms with Crippen molar-refractivity contribution >= 4 is 50.7 Å². The zero-order valence-corrected chi connectivity index (χ0v) is 24.5. The van der Waals surface area contributed by atoms with Gasteiger partial charge in [0.25, 0.3) is 0 Å². The van der Waals surface area contributed by atoms with Gasteiger partial charge in [-0.2, -0.15) is 0 Å². The van der Waals surface area contributed by atoms with Gasteiger partial charge in [-0.15, -0.1) is 0 Å². The minimum absolute atomic E-state index is 0.0691. The number of amides is 2. The Kier molecular flexibility index (Phi) is 11.7. The van der Waals surface area contributed by atoms with Crippen LogP contribution >= 0.6 is 23.2 Å². The number of hydrogen-bond acceptors (Lipinski definition) is 4. The first-order valence-electron chi connectivity index (χ1n) is 12.4. The van der Waals surface area contributed by atoms with E-state index in [2.05, 4.69) is 5.32 Å². The minimum Gasteiger partial charge on any atom is -0.354 e. The molecule has 0 aliphatic heterocycles. The Balaban J connectivity index is 2.25. The molecule has 204 valence electrons. The van der Waals surface area contributed by atoms with Crippen LogP contribution in [0, 0.1) is 13.8 Å². The van der Waals surface area contributed by atoms with Crippen LogP contribution in [0.2, 0.25) is 10.0 Å². The summed E-state index contributed by atoms with van der Waals surface area (Å²) in [5.41, 5.74) is 3.29. The normalized spacial score (nSPS) is 12.2. The van der Waals surface area contributed by atoms with Crippen molar-refractivity contribution in [2.24, 2.45) is 0 Å². The molecule has 2 rings (SSSR count). The van der Waals surface area contributed by atoms with E-state index in [-0.39, 0.29) is 37.7 Å². The Hall–Kier alpha value is -2.29. The lowest BCUT2D eigenvalue weighted by Crippen LogP contribution is -2.49. The molecule has 2 amide bonds. The summed E-state index contributed by atoms with van der Waals surface area (Å²) in [5, 5.41) is 3.77. The molecule has 2 aromatic rings. The highest BCUT2D eigenvalue weighted by Crippen LogP contribution is 2.25. The van der Waals surface area contributed by atoms with Crippen molar-refractivity contribution in [2.75, 3.05) is 23.7 Å². The van der Waals surface area contributed by atoms with Crippen LogP contribution in [-0.4, -0.2) is 50.5 Å². The van der Waals surface area contributed by atoms with E-state index in [4.69, 9.17) is 23.2 Å². The average Bonchev–Trinajstić information content (AvgIpc) is 2.82. The van der Waals surface area contributed by atoms with E-state index in [1.54, 1.807) is 24.3 Å². The second-order valence-corrected chi connectivity index (χ2v) is 11.9. The second-order valence-electron chi connectivity index (χ2n) is 9.18. The summed E-state index contributed by atoms with van der Waals surface area (Å²) in [4.78, 5) is 27.9. The number of rotatable bonds is 13. The largest absolute Gasteiger partial charge is 0.354 e. The second kappa shape index (κ2) is 14.0. The molecule has 0 saturated heterocycles. The number of anilines is 1. The van der Waals surface area contributed by atoms with Crippen LogP contribution in [-0.2, 0) is 26.2 Å². The fourth-order valence-electron chi connectivity index (χ4n) is 4.00. The van der Waals surface area contributed by atoms with Crippen molar-refractivity contribution in [3.63, 3.8) is 0 Å². The van der Waals surface area contributed by atoms with Gasteiger partial charge in [-0.25, -0.2) is 8.42 Å². The standard InChI is InChI=1S/C27H37Cl2N3O4S/c1-6-14-30-27(34)25(7-2)31(18-21-11-12-22(28)17-24(21)29)26(33)9-8-15-32(37(5,35)36)23-13-10-19(3)20(4)16-23/h10-13,16-17,25H,6-9,14-15,18H2,1-5H3,(H,30,34). The number of hydrogen-bond donors (Lipinski definition) is 1. The third-order valence-corrected chi connectivity index (χ3v) is 8.00. The fraction of sp³-hybridized carbons (Fsp3) is 0.481. The van der Waals surface area contributed by atoms with Crippen LogP contribution in [0.1, 0.15) is 56.2 Å². The number of sulfonamides is 1. The van der Waals surface area contributed by atoms with Gasteiger partial charge in [-0.05, 0) is 74.1 Å². The van der Waals surface area contributed by atoms with Crippen LogP contribution in [0.15, 0.2) is 36.4 Å². The zero-order valence-electron chi connectivity index (χ0n) is 22.2. The third-order valence-electron chi connectivity index (χ3n) is 6.22. The van der Waals surface area contributed by atoms with Gasteiger partial charge in [0.15, 0.2) is 0 Å². The molecule has 0 aliphatic carbocycles. The van der Waals surface area contributed by atoms with Gasteiger partial charge in [-0.1, -0.05) is 49.2 Å². The maximum absolute atomic E-state index is 13.5. The van der Waals surface area contributed by atoms with Gasteiger partial charge in [0.2, 0.25) is 21.8 Å². The Morgan fingerprint density at radius 2 is 1.73 bits per heavy atom. The monoisotopic (exact) mass is 569 g/mol. The number of carbonyl (C=O) groups is 2. The quantitative estimate of drug-likeness (QED) is 0.345. The first-order valence-corrected chi connectivity index (χ1v) is 15.1. The molecule has 1 N–H and O–H groups in total. The molecule has 0 aromatic heterocycles. The average molecular weight is 571 g/mol. The molecule has 0 aliphatic rings. The van der Waals surface area contributed by atoms with Crippen molar-refractivity contribution in [2.45, 2.75) is 66.0 Å². The lowest BCUT2D eigenvalue weighted by molar-refractivity contribution is -0.141. The summed E-state index contributed by atoms with van der Waals surface area (Å²) in [6, 6.07) is 9.84. The Morgan fingerprint density at radius 3 is 2.30 bits per heavy atom. The van der Waals surface area contributed by atoms with Crippen molar-refractivity contribution in [1.82, 2.24) is 10.2 Å². The van der Waals surface area contributed by atoms with Crippen LogP contribution < -0.4 is 9.62 Å². The first-order chi connectivity index (χ1) is 17.4. The maximum atomic E-state index is 13.5. The predicted octanol–water partition coefficient (Wildman–Crippen LogP) is 5.49. The highest BCUT2D eigenvalue weighted by atomic mass is 35.5. The molecular formula is C27H37Cl2N3O4S. The molecule has 2 aromatic carbocycles. The molecule has 0 spiro atoms. The Labute approximate surface area is 231 Å². The molecule has 37 heavy (non-hydrogen) atoms. The zero-order chi connectivity index (χ0) is 27.8. The SMILES string of the molecule is CCCNC(=O)C(CC)N(Cc1ccc(Cl)cc1Cl)C(=O)CCCN(c1ccc(C)c(C)c1)S(C)(=O)=O. The summed E-state index contributed by atoms with van der Waals surface area (Å²) in [6.45, 7) is 8.49. The number of nitrogens with zero attached hydrogens (tertiary/aromatic N) is 2. The highest BCUT2D eigenvalue weighted by molar-refractivity contribution is 7.92. The molecule has 0 saturated carbocycles. The van der Waals surface area contributed by atoms with Gasteiger partial charge in [0.05, 0.1) is 11.9 Å². The van der Waals surface area contributed by atoms with Crippen molar-refractivity contribution in [3.05, 3.63) is 63.1 Å². The van der Waals surface area contributed by atoms with E-state index >= 15 is 0 Å². The molecule has 1 unspecified atom stereocenters. The Bertz CT molecular complexity index is 1200. The summed E-state index contributed by atoms with van der Waals surface area (Å²) in [7, 11) is -3.55. The minimum atomic E-state index is -3.55. The molecular weight excluding hydrogens is 533 g/mol. The van der Waals surface area contributed by atoms with Crippen molar-refractivity contribution < 1.29 is 18.0 Å². The van der Waals surface area contributed by atoms with Crippen molar-refractivity contribution in [3.8, 4) is 0 Å². The van der Waals surface area contributed by atoms with Crippen LogP contribution in [0.4, 0.5) is 5.69 Å². The number of carbonyl (C=O) groups excluding carboxylic acids is 2. The molecule has 0 fully saturated rings. The van der Waals surface area contributed by atoms with Gasteiger partial charge in [-0.3, -0.25) is 13.9 Å².